The molecule has 0 spiro atoms. The maximum atomic E-state index is 9.37. The Hall–Kier alpha value is -1.22. The molecule has 3 nitrogen and oxygen atoms in total. The van der Waals surface area contributed by atoms with E-state index < -0.39 is 0 Å². The molecule has 15 heavy (non-hydrogen) atoms. The molecule has 0 aromatic heterocycles. The van der Waals surface area contributed by atoms with Gasteiger partial charge >= 0.3 is 0 Å². The van der Waals surface area contributed by atoms with Gasteiger partial charge in [-0.1, -0.05) is 13.0 Å². The molecule has 0 saturated heterocycles. The van der Waals surface area contributed by atoms with Crippen LogP contribution in [0, 0.1) is 6.92 Å². The van der Waals surface area contributed by atoms with Gasteiger partial charge < -0.3 is 16.2 Å². The zero-order valence-corrected chi connectivity index (χ0v) is 9.46. The van der Waals surface area contributed by atoms with Crippen LogP contribution in [0.1, 0.15) is 25.3 Å². The standard InChI is InChI=1S/C12H20N2O/c1-3-11(15)6-7-14-10-5-4-9(2)12(13)8-10/h4-5,8,11,14-15H,3,6-7,13H2,1-2H3. The molecule has 0 aliphatic rings. The summed E-state index contributed by atoms with van der Waals surface area (Å²) >= 11 is 0. The second-order valence-electron chi connectivity index (χ2n) is 3.85. The molecular formula is C12H20N2O. The average Bonchev–Trinajstić information content (AvgIpc) is 2.23. The van der Waals surface area contributed by atoms with Crippen LogP contribution in [0.2, 0.25) is 0 Å². The Morgan fingerprint density at radius 1 is 1.47 bits per heavy atom. The highest BCUT2D eigenvalue weighted by molar-refractivity contribution is 5.58. The van der Waals surface area contributed by atoms with Gasteiger partial charge in [-0.3, -0.25) is 0 Å². The van der Waals surface area contributed by atoms with Gasteiger partial charge in [0.05, 0.1) is 6.10 Å². The van der Waals surface area contributed by atoms with Crippen molar-refractivity contribution >= 4 is 11.4 Å². The number of anilines is 2. The van der Waals surface area contributed by atoms with Crippen LogP contribution in [0.25, 0.3) is 0 Å². The van der Waals surface area contributed by atoms with E-state index in [-0.39, 0.29) is 6.10 Å². The molecule has 0 aliphatic heterocycles. The molecule has 0 amide bonds. The molecule has 0 saturated carbocycles. The molecule has 1 atom stereocenters. The summed E-state index contributed by atoms with van der Waals surface area (Å²) in [5.41, 5.74) is 8.70. The average molecular weight is 208 g/mol. The largest absolute Gasteiger partial charge is 0.398 e. The minimum atomic E-state index is -0.208. The van der Waals surface area contributed by atoms with Crippen molar-refractivity contribution in [3.63, 3.8) is 0 Å². The maximum Gasteiger partial charge on any atom is 0.0554 e. The number of aryl methyl sites for hydroxylation is 1. The second-order valence-corrected chi connectivity index (χ2v) is 3.85. The van der Waals surface area contributed by atoms with Crippen molar-refractivity contribution in [1.82, 2.24) is 0 Å². The molecule has 3 heteroatoms. The maximum absolute atomic E-state index is 9.37. The lowest BCUT2D eigenvalue weighted by atomic mass is 10.1. The number of hydrogen-bond acceptors (Lipinski definition) is 3. The van der Waals surface area contributed by atoms with Crippen molar-refractivity contribution in [2.24, 2.45) is 0 Å². The van der Waals surface area contributed by atoms with Crippen LogP contribution in [-0.4, -0.2) is 17.8 Å². The summed E-state index contributed by atoms with van der Waals surface area (Å²) in [6.07, 6.45) is 1.36. The molecule has 1 aromatic rings. The van der Waals surface area contributed by atoms with E-state index in [1.807, 2.05) is 32.0 Å². The third-order valence-corrected chi connectivity index (χ3v) is 2.56. The molecule has 1 rings (SSSR count). The molecule has 1 aromatic carbocycles. The van der Waals surface area contributed by atoms with Crippen molar-refractivity contribution < 1.29 is 5.11 Å². The number of rotatable bonds is 5. The number of nitrogens with two attached hydrogens (primary N) is 1. The van der Waals surface area contributed by atoms with E-state index in [4.69, 9.17) is 5.73 Å². The number of benzene rings is 1. The summed E-state index contributed by atoms with van der Waals surface area (Å²) in [6.45, 7) is 4.74. The number of nitrogens with one attached hydrogen (secondary N) is 1. The van der Waals surface area contributed by atoms with E-state index in [1.165, 1.54) is 0 Å². The van der Waals surface area contributed by atoms with Crippen LogP contribution >= 0.6 is 0 Å². The highest BCUT2D eigenvalue weighted by Crippen LogP contribution is 2.16. The Kier molecular flexibility index (Phi) is 4.43. The van der Waals surface area contributed by atoms with Crippen LogP contribution in [0.5, 0.6) is 0 Å². The minimum Gasteiger partial charge on any atom is -0.398 e. The first-order chi connectivity index (χ1) is 7.13. The van der Waals surface area contributed by atoms with Gasteiger partial charge in [0.1, 0.15) is 0 Å². The van der Waals surface area contributed by atoms with Gasteiger partial charge in [-0.25, -0.2) is 0 Å². The van der Waals surface area contributed by atoms with Crippen molar-refractivity contribution in [1.29, 1.82) is 0 Å². The fourth-order valence-electron chi connectivity index (χ4n) is 1.34. The van der Waals surface area contributed by atoms with Gasteiger partial charge in [-0.2, -0.15) is 0 Å². The van der Waals surface area contributed by atoms with Gasteiger partial charge in [0.15, 0.2) is 0 Å². The summed E-state index contributed by atoms with van der Waals surface area (Å²) in [7, 11) is 0. The SMILES string of the molecule is CCC(O)CCNc1ccc(C)c(N)c1. The minimum absolute atomic E-state index is 0.208. The lowest BCUT2D eigenvalue weighted by molar-refractivity contribution is 0.164. The van der Waals surface area contributed by atoms with Crippen molar-refractivity contribution in [3.8, 4) is 0 Å². The molecule has 1 unspecified atom stereocenters. The second kappa shape index (κ2) is 5.61. The Balaban J connectivity index is 2.41. The number of hydrogen-bond donors (Lipinski definition) is 3. The van der Waals surface area contributed by atoms with Gasteiger partial charge in [0, 0.05) is 17.9 Å². The fourth-order valence-corrected chi connectivity index (χ4v) is 1.34. The van der Waals surface area contributed by atoms with E-state index in [2.05, 4.69) is 5.32 Å². The summed E-state index contributed by atoms with van der Waals surface area (Å²) in [6, 6.07) is 5.92. The summed E-state index contributed by atoms with van der Waals surface area (Å²) in [5, 5.41) is 12.6. The molecule has 4 N–H and O–H groups in total. The molecule has 0 radical (unpaired) electrons. The molecule has 84 valence electrons. The van der Waals surface area contributed by atoms with Crippen LogP contribution in [0.4, 0.5) is 11.4 Å². The first kappa shape index (κ1) is 11.9. The monoisotopic (exact) mass is 208 g/mol. The number of nitrogen functional groups attached to an aromatic ring is 1. The number of aliphatic hydroxyl groups is 1. The van der Waals surface area contributed by atoms with Gasteiger partial charge in [-0.05, 0) is 37.5 Å². The number of aliphatic hydroxyl groups excluding tert-OH is 1. The van der Waals surface area contributed by atoms with E-state index in [0.29, 0.717) is 0 Å². The van der Waals surface area contributed by atoms with Gasteiger partial charge in [0.25, 0.3) is 0 Å². The third-order valence-electron chi connectivity index (χ3n) is 2.56. The zero-order chi connectivity index (χ0) is 11.3. The van der Waals surface area contributed by atoms with Crippen molar-refractivity contribution in [3.05, 3.63) is 23.8 Å². The topological polar surface area (TPSA) is 58.3 Å². The highest BCUT2D eigenvalue weighted by atomic mass is 16.3. The summed E-state index contributed by atoms with van der Waals surface area (Å²) < 4.78 is 0. The van der Waals surface area contributed by atoms with Crippen molar-refractivity contribution in [2.75, 3.05) is 17.6 Å². The normalized spacial score (nSPS) is 12.5. The van der Waals surface area contributed by atoms with Gasteiger partial charge in [0.2, 0.25) is 0 Å². The van der Waals surface area contributed by atoms with E-state index >= 15 is 0 Å². The molecule has 0 fully saturated rings. The molecule has 0 aliphatic carbocycles. The Morgan fingerprint density at radius 2 is 2.20 bits per heavy atom. The van der Waals surface area contributed by atoms with Crippen LogP contribution in [0.3, 0.4) is 0 Å². The fraction of sp³-hybridized carbons (Fsp3) is 0.500. The van der Waals surface area contributed by atoms with Crippen molar-refractivity contribution in [2.45, 2.75) is 32.8 Å². The molecular weight excluding hydrogens is 188 g/mol. The molecule has 0 heterocycles. The highest BCUT2D eigenvalue weighted by Gasteiger charge is 2.00. The van der Waals surface area contributed by atoms with Crippen LogP contribution < -0.4 is 11.1 Å². The first-order valence-electron chi connectivity index (χ1n) is 5.41. The van der Waals surface area contributed by atoms with E-state index in [1.54, 1.807) is 0 Å². The Bertz CT molecular complexity index is 312. The quantitative estimate of drug-likeness (QED) is 0.650. The zero-order valence-electron chi connectivity index (χ0n) is 9.46. The first-order valence-corrected chi connectivity index (χ1v) is 5.41. The predicted molar refractivity (Wildman–Crippen MR) is 65.0 cm³/mol. The van der Waals surface area contributed by atoms with Gasteiger partial charge in [-0.15, -0.1) is 0 Å². The summed E-state index contributed by atoms with van der Waals surface area (Å²) in [4.78, 5) is 0. The third kappa shape index (κ3) is 3.80. The van der Waals surface area contributed by atoms with Crippen LogP contribution in [0.15, 0.2) is 18.2 Å². The van der Waals surface area contributed by atoms with E-state index in [9.17, 15) is 5.11 Å². The predicted octanol–water partition coefficient (Wildman–Crippen LogP) is 2.15. The Morgan fingerprint density at radius 3 is 2.80 bits per heavy atom. The lowest BCUT2D eigenvalue weighted by Crippen LogP contribution is -2.12. The van der Waals surface area contributed by atoms with Crippen LogP contribution in [-0.2, 0) is 0 Å². The molecule has 0 bridgehead atoms. The lowest BCUT2D eigenvalue weighted by Gasteiger charge is -2.10. The Labute approximate surface area is 91.3 Å². The van der Waals surface area contributed by atoms with E-state index in [0.717, 1.165) is 36.3 Å². The summed E-state index contributed by atoms with van der Waals surface area (Å²) in [5.74, 6) is 0. The smallest absolute Gasteiger partial charge is 0.0554 e.